The van der Waals surface area contributed by atoms with Crippen LogP contribution >= 0.6 is 0 Å². The first-order chi connectivity index (χ1) is 6.68. The average molecular weight is 199 g/mol. The van der Waals surface area contributed by atoms with Crippen LogP contribution < -0.4 is 5.32 Å². The van der Waals surface area contributed by atoms with E-state index in [-0.39, 0.29) is 0 Å². The highest BCUT2D eigenvalue weighted by Gasteiger charge is 2.35. The minimum absolute atomic E-state index is 0.614. The van der Waals surface area contributed by atoms with Crippen molar-refractivity contribution in [2.24, 2.45) is 5.41 Å². The molecule has 84 valence electrons. The Kier molecular flexibility index (Phi) is 4.90. The first-order valence-corrected chi connectivity index (χ1v) is 5.91. The van der Waals surface area contributed by atoms with Crippen LogP contribution in [0.3, 0.4) is 0 Å². The first kappa shape index (κ1) is 12.0. The Labute approximate surface area is 88.4 Å². The van der Waals surface area contributed by atoms with Crippen LogP contribution in [0.15, 0.2) is 0 Å². The molecule has 0 aromatic rings. The third-order valence-electron chi connectivity index (χ3n) is 3.36. The van der Waals surface area contributed by atoms with Gasteiger partial charge in [0.1, 0.15) is 0 Å². The molecule has 0 unspecified atom stereocenters. The molecule has 14 heavy (non-hydrogen) atoms. The summed E-state index contributed by atoms with van der Waals surface area (Å²) < 4.78 is 5.11. The maximum absolute atomic E-state index is 5.11. The van der Waals surface area contributed by atoms with Gasteiger partial charge in [0.15, 0.2) is 0 Å². The van der Waals surface area contributed by atoms with E-state index in [0.717, 1.165) is 6.61 Å². The van der Waals surface area contributed by atoms with Gasteiger partial charge in [-0.2, -0.15) is 0 Å². The number of nitrogens with one attached hydrogen (secondary N) is 1. The summed E-state index contributed by atoms with van der Waals surface area (Å²) in [6.45, 7) is 6.57. The standard InChI is InChI=1S/C12H25NO/c1-11(2)13-10-12(6-4-7-12)8-5-9-14-3/h11,13H,4-10H2,1-3H3. The molecular weight excluding hydrogens is 174 g/mol. The van der Waals surface area contributed by atoms with Crippen molar-refractivity contribution in [2.45, 2.75) is 52.0 Å². The third-order valence-corrected chi connectivity index (χ3v) is 3.36. The summed E-state index contributed by atoms with van der Waals surface area (Å²) in [5.41, 5.74) is 0.614. The van der Waals surface area contributed by atoms with Gasteiger partial charge >= 0.3 is 0 Å². The predicted molar refractivity (Wildman–Crippen MR) is 60.5 cm³/mol. The van der Waals surface area contributed by atoms with E-state index in [2.05, 4.69) is 19.2 Å². The van der Waals surface area contributed by atoms with Gasteiger partial charge in [-0.25, -0.2) is 0 Å². The van der Waals surface area contributed by atoms with Crippen LogP contribution in [-0.4, -0.2) is 26.3 Å². The first-order valence-electron chi connectivity index (χ1n) is 5.91. The fourth-order valence-corrected chi connectivity index (χ4v) is 2.20. The number of hydrogen-bond acceptors (Lipinski definition) is 2. The molecule has 0 saturated heterocycles. The van der Waals surface area contributed by atoms with Crippen LogP contribution in [0.4, 0.5) is 0 Å². The predicted octanol–water partition coefficient (Wildman–Crippen LogP) is 2.58. The SMILES string of the molecule is COCCCC1(CNC(C)C)CCC1. The highest BCUT2D eigenvalue weighted by atomic mass is 16.5. The van der Waals surface area contributed by atoms with Crippen LogP contribution in [0, 0.1) is 5.41 Å². The Morgan fingerprint density at radius 3 is 2.50 bits per heavy atom. The van der Waals surface area contributed by atoms with Crippen LogP contribution in [0.1, 0.15) is 46.0 Å². The van der Waals surface area contributed by atoms with E-state index in [0.29, 0.717) is 11.5 Å². The lowest BCUT2D eigenvalue weighted by Gasteiger charge is -2.43. The summed E-state index contributed by atoms with van der Waals surface area (Å²) in [5.74, 6) is 0. The van der Waals surface area contributed by atoms with Gasteiger partial charge in [-0.1, -0.05) is 20.3 Å². The van der Waals surface area contributed by atoms with E-state index in [1.165, 1.54) is 38.6 Å². The summed E-state index contributed by atoms with van der Waals surface area (Å²) in [5, 5.41) is 3.57. The van der Waals surface area contributed by atoms with Crippen molar-refractivity contribution in [1.29, 1.82) is 0 Å². The lowest BCUT2D eigenvalue weighted by atomic mass is 9.66. The zero-order valence-corrected chi connectivity index (χ0v) is 9.94. The van der Waals surface area contributed by atoms with Crippen molar-refractivity contribution in [3.63, 3.8) is 0 Å². The van der Waals surface area contributed by atoms with Gasteiger partial charge in [-0.15, -0.1) is 0 Å². The molecule has 0 bridgehead atoms. The van der Waals surface area contributed by atoms with Crippen molar-refractivity contribution in [1.82, 2.24) is 5.32 Å². The minimum atomic E-state index is 0.614. The molecule has 0 heterocycles. The molecule has 0 spiro atoms. The number of rotatable bonds is 7. The Morgan fingerprint density at radius 2 is 2.07 bits per heavy atom. The highest BCUT2D eigenvalue weighted by molar-refractivity contribution is 4.89. The maximum atomic E-state index is 5.11. The van der Waals surface area contributed by atoms with E-state index in [4.69, 9.17) is 4.74 Å². The molecule has 1 aliphatic rings. The molecule has 1 N–H and O–H groups in total. The fourth-order valence-electron chi connectivity index (χ4n) is 2.20. The second-order valence-electron chi connectivity index (χ2n) is 4.99. The molecule has 1 rings (SSSR count). The smallest absolute Gasteiger partial charge is 0.0462 e. The molecule has 0 amide bonds. The van der Waals surface area contributed by atoms with Gasteiger partial charge in [0, 0.05) is 26.3 Å². The molecule has 1 aliphatic carbocycles. The Balaban J connectivity index is 2.19. The zero-order chi connectivity index (χ0) is 10.4. The molecule has 0 aromatic heterocycles. The molecule has 2 heteroatoms. The summed E-state index contributed by atoms with van der Waals surface area (Å²) >= 11 is 0. The lowest BCUT2D eigenvalue weighted by Crippen LogP contribution is -2.42. The van der Waals surface area contributed by atoms with Crippen LogP contribution in [0.2, 0.25) is 0 Å². The number of ether oxygens (including phenoxy) is 1. The van der Waals surface area contributed by atoms with Gasteiger partial charge in [0.2, 0.25) is 0 Å². The lowest BCUT2D eigenvalue weighted by molar-refractivity contribution is 0.0925. The average Bonchev–Trinajstić information content (AvgIpc) is 2.08. The molecular formula is C12H25NO. The normalized spacial score (nSPS) is 19.7. The summed E-state index contributed by atoms with van der Waals surface area (Å²) in [4.78, 5) is 0. The molecule has 0 radical (unpaired) electrons. The second kappa shape index (κ2) is 5.72. The fraction of sp³-hybridized carbons (Fsp3) is 1.00. The molecule has 2 nitrogen and oxygen atoms in total. The topological polar surface area (TPSA) is 21.3 Å². The monoisotopic (exact) mass is 199 g/mol. The van der Waals surface area contributed by atoms with Crippen LogP contribution in [0.25, 0.3) is 0 Å². The molecule has 1 fully saturated rings. The van der Waals surface area contributed by atoms with Gasteiger partial charge in [-0.05, 0) is 31.1 Å². The van der Waals surface area contributed by atoms with Gasteiger partial charge < -0.3 is 10.1 Å². The van der Waals surface area contributed by atoms with Crippen LogP contribution in [-0.2, 0) is 4.74 Å². The maximum Gasteiger partial charge on any atom is 0.0462 e. The van der Waals surface area contributed by atoms with E-state index < -0.39 is 0 Å². The molecule has 1 saturated carbocycles. The summed E-state index contributed by atoms with van der Waals surface area (Å²) in [7, 11) is 1.79. The molecule has 0 atom stereocenters. The quantitative estimate of drug-likeness (QED) is 0.636. The Hall–Kier alpha value is -0.0800. The van der Waals surface area contributed by atoms with Crippen molar-refractivity contribution in [3.8, 4) is 0 Å². The Bertz CT molecular complexity index is 152. The largest absolute Gasteiger partial charge is 0.385 e. The number of methoxy groups -OCH3 is 1. The third kappa shape index (κ3) is 3.58. The van der Waals surface area contributed by atoms with Crippen molar-refractivity contribution < 1.29 is 4.74 Å². The number of hydrogen-bond donors (Lipinski definition) is 1. The van der Waals surface area contributed by atoms with Crippen LogP contribution in [0.5, 0.6) is 0 Å². The molecule has 0 aliphatic heterocycles. The van der Waals surface area contributed by atoms with E-state index in [1.807, 2.05) is 0 Å². The van der Waals surface area contributed by atoms with Gasteiger partial charge in [0.05, 0.1) is 0 Å². The molecule has 0 aromatic carbocycles. The van der Waals surface area contributed by atoms with Crippen molar-refractivity contribution in [2.75, 3.05) is 20.3 Å². The van der Waals surface area contributed by atoms with Gasteiger partial charge in [-0.3, -0.25) is 0 Å². The van der Waals surface area contributed by atoms with Crippen molar-refractivity contribution >= 4 is 0 Å². The van der Waals surface area contributed by atoms with E-state index in [9.17, 15) is 0 Å². The highest BCUT2D eigenvalue weighted by Crippen LogP contribution is 2.44. The van der Waals surface area contributed by atoms with Gasteiger partial charge in [0.25, 0.3) is 0 Å². The summed E-state index contributed by atoms with van der Waals surface area (Å²) in [6.07, 6.45) is 6.80. The zero-order valence-electron chi connectivity index (χ0n) is 9.94. The van der Waals surface area contributed by atoms with Crippen molar-refractivity contribution in [3.05, 3.63) is 0 Å². The Morgan fingerprint density at radius 1 is 1.36 bits per heavy atom. The summed E-state index contributed by atoms with van der Waals surface area (Å²) in [6, 6.07) is 0.620. The second-order valence-corrected chi connectivity index (χ2v) is 4.99. The minimum Gasteiger partial charge on any atom is -0.385 e. The van der Waals surface area contributed by atoms with E-state index in [1.54, 1.807) is 7.11 Å². The van der Waals surface area contributed by atoms with E-state index >= 15 is 0 Å².